The molecular weight excluding hydrogens is 234 g/mol. The third-order valence-corrected chi connectivity index (χ3v) is 4.90. The van der Waals surface area contributed by atoms with Crippen molar-refractivity contribution in [1.29, 1.82) is 0 Å². The zero-order chi connectivity index (χ0) is 13.0. The predicted molar refractivity (Wildman–Crippen MR) is 68.5 cm³/mol. The highest BCUT2D eigenvalue weighted by Gasteiger charge is 2.30. The van der Waals surface area contributed by atoms with E-state index in [9.17, 15) is 8.78 Å². The number of hydrogen-bond donors (Lipinski definition) is 0. The predicted octanol–water partition coefficient (Wildman–Crippen LogP) is 4.78. The molecule has 0 aromatic carbocycles. The molecule has 104 valence electrons. The molecule has 3 heteroatoms. The van der Waals surface area contributed by atoms with Gasteiger partial charge in [-0.05, 0) is 75.2 Å². The number of hydrogen-bond acceptors (Lipinski definition) is 1. The van der Waals surface area contributed by atoms with Gasteiger partial charge >= 0.3 is 0 Å². The lowest BCUT2D eigenvalue weighted by Gasteiger charge is -2.36. The molecule has 0 unspecified atom stereocenters. The van der Waals surface area contributed by atoms with Crippen LogP contribution in [0.15, 0.2) is 12.2 Å². The summed E-state index contributed by atoms with van der Waals surface area (Å²) in [5, 5.41) is 0. The van der Waals surface area contributed by atoms with Crippen LogP contribution in [-0.4, -0.2) is 13.2 Å². The normalized spacial score (nSPS) is 37.3. The van der Waals surface area contributed by atoms with Gasteiger partial charge < -0.3 is 4.74 Å². The number of halogens is 2. The lowest BCUT2D eigenvalue weighted by Crippen LogP contribution is -2.27. The third-order valence-electron chi connectivity index (χ3n) is 4.90. The molecule has 0 amide bonds. The van der Waals surface area contributed by atoms with Gasteiger partial charge in [-0.2, -0.15) is 8.78 Å². The second-order valence-corrected chi connectivity index (χ2v) is 5.90. The molecule has 2 saturated carbocycles. The zero-order valence-corrected chi connectivity index (χ0v) is 11.2. The zero-order valence-electron chi connectivity index (χ0n) is 11.2. The van der Waals surface area contributed by atoms with Gasteiger partial charge in [0.05, 0.1) is 6.10 Å². The smallest absolute Gasteiger partial charge is 0.266 e. The fourth-order valence-corrected chi connectivity index (χ4v) is 3.76. The largest absolute Gasteiger partial charge is 0.381 e. The summed E-state index contributed by atoms with van der Waals surface area (Å²) < 4.78 is 29.8. The van der Waals surface area contributed by atoms with Gasteiger partial charge in [0.1, 0.15) is 0 Å². The molecule has 0 N–H and O–H groups in total. The molecule has 0 aromatic heterocycles. The lowest BCUT2D eigenvalue weighted by molar-refractivity contribution is 0.0404. The van der Waals surface area contributed by atoms with E-state index in [1.54, 1.807) is 7.11 Å². The fraction of sp³-hybridized carbons (Fsp3) is 0.867. The van der Waals surface area contributed by atoms with Crippen molar-refractivity contribution in [2.75, 3.05) is 7.11 Å². The van der Waals surface area contributed by atoms with Crippen molar-refractivity contribution in [3.05, 3.63) is 12.2 Å². The van der Waals surface area contributed by atoms with E-state index in [-0.39, 0.29) is 5.92 Å². The van der Waals surface area contributed by atoms with E-state index in [2.05, 4.69) is 0 Å². The molecule has 2 fully saturated rings. The summed E-state index contributed by atoms with van der Waals surface area (Å²) >= 11 is 0. The Hall–Kier alpha value is -0.440. The van der Waals surface area contributed by atoms with Gasteiger partial charge in [-0.1, -0.05) is 0 Å². The van der Waals surface area contributed by atoms with Crippen molar-refractivity contribution in [3.63, 3.8) is 0 Å². The summed E-state index contributed by atoms with van der Waals surface area (Å²) in [5.74, 6) is 1.72. The Kier molecular flexibility index (Phi) is 5.16. The van der Waals surface area contributed by atoms with E-state index in [4.69, 9.17) is 4.74 Å². The summed E-state index contributed by atoms with van der Waals surface area (Å²) in [6.45, 7) is 0. The first-order valence-corrected chi connectivity index (χ1v) is 7.24. The van der Waals surface area contributed by atoms with E-state index >= 15 is 0 Å². The minimum absolute atomic E-state index is 0.126. The van der Waals surface area contributed by atoms with Gasteiger partial charge in [-0.25, -0.2) is 0 Å². The first-order valence-electron chi connectivity index (χ1n) is 7.24. The summed E-state index contributed by atoms with van der Waals surface area (Å²) in [4.78, 5) is 0. The Labute approximate surface area is 109 Å². The molecule has 0 radical (unpaired) electrons. The Balaban J connectivity index is 1.75. The quantitative estimate of drug-likeness (QED) is 0.708. The van der Waals surface area contributed by atoms with E-state index in [1.807, 2.05) is 0 Å². The van der Waals surface area contributed by atoms with Crippen LogP contribution in [0, 0.1) is 17.8 Å². The minimum Gasteiger partial charge on any atom is -0.381 e. The second-order valence-electron chi connectivity index (χ2n) is 5.90. The maximum absolute atomic E-state index is 12.2. The molecule has 2 rings (SSSR count). The van der Waals surface area contributed by atoms with Crippen LogP contribution in [0.4, 0.5) is 8.78 Å². The lowest BCUT2D eigenvalue weighted by atomic mass is 9.70. The molecule has 0 aromatic rings. The Morgan fingerprint density at radius 3 is 1.83 bits per heavy atom. The molecule has 0 heterocycles. The highest BCUT2D eigenvalue weighted by atomic mass is 19.3. The summed E-state index contributed by atoms with van der Waals surface area (Å²) in [5.41, 5.74) is 0. The minimum atomic E-state index is -1.50. The van der Waals surface area contributed by atoms with Gasteiger partial charge in [-0.15, -0.1) is 0 Å². The number of ether oxygens (including phenoxy) is 1. The summed E-state index contributed by atoms with van der Waals surface area (Å²) in [6, 6.07) is 0. The van der Waals surface area contributed by atoms with Crippen molar-refractivity contribution < 1.29 is 13.5 Å². The molecule has 18 heavy (non-hydrogen) atoms. The number of rotatable bonds is 3. The third kappa shape index (κ3) is 3.78. The van der Waals surface area contributed by atoms with Crippen molar-refractivity contribution >= 4 is 0 Å². The standard InChI is InChI=1S/C15H24F2O/c1-18-14-8-6-13(7-9-14)12-4-2-11(3-5-12)10-15(16)17/h10-14H,2-9H2,1H3/t11-,12-,13-,14-. The molecule has 1 nitrogen and oxygen atoms in total. The van der Waals surface area contributed by atoms with Crippen LogP contribution in [0.2, 0.25) is 0 Å². The average Bonchev–Trinajstić information content (AvgIpc) is 2.39. The number of allylic oxidation sites excluding steroid dienone is 1. The number of methoxy groups -OCH3 is 1. The van der Waals surface area contributed by atoms with Crippen LogP contribution in [-0.2, 0) is 4.74 Å². The van der Waals surface area contributed by atoms with Crippen LogP contribution >= 0.6 is 0 Å². The van der Waals surface area contributed by atoms with E-state index in [1.165, 1.54) is 25.7 Å². The Morgan fingerprint density at radius 2 is 1.39 bits per heavy atom. The molecule has 0 aliphatic heterocycles. The van der Waals surface area contributed by atoms with Crippen LogP contribution < -0.4 is 0 Å². The van der Waals surface area contributed by atoms with Crippen LogP contribution in [0.25, 0.3) is 0 Å². The average molecular weight is 258 g/mol. The van der Waals surface area contributed by atoms with Crippen LogP contribution in [0.5, 0.6) is 0 Å². The van der Waals surface area contributed by atoms with E-state index in [0.717, 1.165) is 43.6 Å². The van der Waals surface area contributed by atoms with E-state index < -0.39 is 6.08 Å². The Bertz CT molecular complexity index is 270. The van der Waals surface area contributed by atoms with Gasteiger partial charge in [0.2, 0.25) is 0 Å². The van der Waals surface area contributed by atoms with Crippen LogP contribution in [0.1, 0.15) is 51.4 Å². The highest BCUT2D eigenvalue weighted by Crippen LogP contribution is 2.40. The van der Waals surface area contributed by atoms with Crippen molar-refractivity contribution in [2.24, 2.45) is 17.8 Å². The molecule has 0 atom stereocenters. The monoisotopic (exact) mass is 258 g/mol. The van der Waals surface area contributed by atoms with Gasteiger partial charge in [0.15, 0.2) is 0 Å². The maximum atomic E-state index is 12.2. The van der Waals surface area contributed by atoms with Crippen molar-refractivity contribution in [1.82, 2.24) is 0 Å². The molecule has 0 saturated heterocycles. The van der Waals surface area contributed by atoms with Gasteiger partial charge in [0.25, 0.3) is 6.08 Å². The first kappa shape index (κ1) is 14.0. The topological polar surface area (TPSA) is 9.23 Å². The van der Waals surface area contributed by atoms with Gasteiger partial charge in [0, 0.05) is 7.11 Å². The fourth-order valence-electron chi connectivity index (χ4n) is 3.76. The Morgan fingerprint density at radius 1 is 0.889 bits per heavy atom. The van der Waals surface area contributed by atoms with Gasteiger partial charge in [-0.3, -0.25) is 0 Å². The summed E-state index contributed by atoms with van der Waals surface area (Å²) in [6.07, 6.45) is 9.19. The molecular formula is C15H24F2O. The summed E-state index contributed by atoms with van der Waals surface area (Å²) in [7, 11) is 1.80. The van der Waals surface area contributed by atoms with Crippen LogP contribution in [0.3, 0.4) is 0 Å². The molecule has 0 bridgehead atoms. The maximum Gasteiger partial charge on any atom is 0.266 e. The second kappa shape index (κ2) is 6.65. The highest BCUT2D eigenvalue weighted by molar-refractivity contribution is 4.92. The first-order chi connectivity index (χ1) is 8.69. The molecule has 2 aliphatic carbocycles. The molecule has 2 aliphatic rings. The SMILES string of the molecule is CO[C@H]1CC[C@H]([C@H]2CC[C@H](C=C(F)F)CC2)CC1. The van der Waals surface area contributed by atoms with Crippen molar-refractivity contribution in [3.8, 4) is 0 Å². The molecule has 0 spiro atoms. The van der Waals surface area contributed by atoms with Crippen molar-refractivity contribution in [2.45, 2.75) is 57.5 Å². The van der Waals surface area contributed by atoms with E-state index in [0.29, 0.717) is 6.10 Å².